The number of guanidine groups is 1. The van der Waals surface area contributed by atoms with E-state index in [1.54, 1.807) is 13.1 Å². The quantitative estimate of drug-likeness (QED) is 0.327. The zero-order chi connectivity index (χ0) is 19.9. The fourth-order valence-electron chi connectivity index (χ4n) is 3.22. The number of aromatic nitrogens is 1. The van der Waals surface area contributed by atoms with Crippen molar-refractivity contribution in [3.63, 3.8) is 0 Å². The second-order valence-corrected chi connectivity index (χ2v) is 8.01. The molecule has 0 spiro atoms. The molecule has 0 saturated heterocycles. The number of amides is 1. The maximum atomic E-state index is 10.9. The molecule has 1 aliphatic carbocycles. The van der Waals surface area contributed by atoms with Crippen LogP contribution in [0.1, 0.15) is 34.0 Å². The van der Waals surface area contributed by atoms with Crippen LogP contribution >= 0.6 is 35.3 Å². The predicted molar refractivity (Wildman–Crippen MR) is 127 cm³/mol. The Morgan fingerprint density at radius 1 is 1.38 bits per heavy atom. The fraction of sp³-hybridized carbons (Fsp3) is 0.450. The number of aliphatic imine (C=N–C) groups is 1. The van der Waals surface area contributed by atoms with E-state index in [0.717, 1.165) is 35.9 Å². The molecule has 0 atom stereocenters. The molecule has 9 heteroatoms. The van der Waals surface area contributed by atoms with Crippen LogP contribution in [0, 0.1) is 0 Å². The van der Waals surface area contributed by atoms with Crippen molar-refractivity contribution in [3.8, 4) is 5.75 Å². The maximum Gasteiger partial charge on any atom is 0.255 e. The average molecular weight is 529 g/mol. The van der Waals surface area contributed by atoms with Gasteiger partial charge in [0.25, 0.3) is 5.91 Å². The monoisotopic (exact) mass is 529 g/mol. The first-order valence-electron chi connectivity index (χ1n) is 9.44. The van der Waals surface area contributed by atoms with Crippen LogP contribution in [0.4, 0.5) is 0 Å². The van der Waals surface area contributed by atoms with Crippen LogP contribution in [-0.4, -0.2) is 42.5 Å². The summed E-state index contributed by atoms with van der Waals surface area (Å²) in [5.41, 5.74) is 7.44. The van der Waals surface area contributed by atoms with Gasteiger partial charge in [-0.1, -0.05) is 12.1 Å². The molecule has 1 aliphatic rings. The third kappa shape index (κ3) is 6.84. The van der Waals surface area contributed by atoms with E-state index in [4.69, 9.17) is 15.5 Å². The van der Waals surface area contributed by atoms with Crippen molar-refractivity contribution in [1.82, 2.24) is 15.2 Å². The molecule has 0 unspecified atom stereocenters. The number of nitrogens with two attached hydrogens (primary N) is 1. The third-order valence-electron chi connectivity index (χ3n) is 4.57. The highest BCUT2D eigenvalue weighted by Gasteiger charge is 2.17. The Labute approximate surface area is 192 Å². The molecular formula is C20H28IN5O2S. The van der Waals surface area contributed by atoms with E-state index < -0.39 is 5.91 Å². The molecule has 158 valence electrons. The number of hydrogen-bond donors (Lipinski definition) is 2. The van der Waals surface area contributed by atoms with Crippen molar-refractivity contribution < 1.29 is 9.53 Å². The molecule has 3 rings (SSSR count). The number of halogens is 1. The Balaban J connectivity index is 0.00000300. The number of nitrogens with zero attached hydrogens (tertiary/aromatic N) is 3. The minimum Gasteiger partial charge on any atom is -0.484 e. The van der Waals surface area contributed by atoms with Crippen molar-refractivity contribution in [3.05, 3.63) is 45.4 Å². The highest BCUT2D eigenvalue weighted by molar-refractivity contribution is 14.0. The number of ether oxygens (including phenoxy) is 1. The predicted octanol–water partition coefficient (Wildman–Crippen LogP) is 2.71. The van der Waals surface area contributed by atoms with Crippen molar-refractivity contribution in [1.29, 1.82) is 0 Å². The molecule has 0 bridgehead atoms. The lowest BCUT2D eigenvalue weighted by Gasteiger charge is -2.21. The third-order valence-corrected chi connectivity index (χ3v) is 5.71. The van der Waals surface area contributed by atoms with Crippen LogP contribution in [0.25, 0.3) is 0 Å². The highest BCUT2D eigenvalue weighted by Crippen LogP contribution is 2.27. The lowest BCUT2D eigenvalue weighted by Crippen LogP contribution is -2.38. The second kappa shape index (κ2) is 11.3. The smallest absolute Gasteiger partial charge is 0.255 e. The van der Waals surface area contributed by atoms with Crippen molar-refractivity contribution >= 4 is 47.2 Å². The summed E-state index contributed by atoms with van der Waals surface area (Å²) < 4.78 is 5.36. The Bertz CT molecular complexity index is 832. The van der Waals surface area contributed by atoms with Gasteiger partial charge in [-0.15, -0.1) is 35.3 Å². The van der Waals surface area contributed by atoms with E-state index in [1.807, 2.05) is 36.6 Å². The summed E-state index contributed by atoms with van der Waals surface area (Å²) in [6, 6.07) is 7.57. The zero-order valence-corrected chi connectivity index (χ0v) is 20.0. The van der Waals surface area contributed by atoms with Gasteiger partial charge in [0.15, 0.2) is 12.6 Å². The Morgan fingerprint density at radius 2 is 2.17 bits per heavy atom. The van der Waals surface area contributed by atoms with Gasteiger partial charge in [-0.05, 0) is 43.4 Å². The molecule has 1 heterocycles. The molecule has 1 aromatic heterocycles. The summed E-state index contributed by atoms with van der Waals surface area (Å²) >= 11 is 1.83. The first kappa shape index (κ1) is 23.4. The van der Waals surface area contributed by atoms with Gasteiger partial charge in [-0.25, -0.2) is 4.98 Å². The number of fused-ring (bicyclic) bond motifs is 1. The maximum absolute atomic E-state index is 10.9. The highest BCUT2D eigenvalue weighted by atomic mass is 127. The largest absolute Gasteiger partial charge is 0.484 e. The molecule has 0 radical (unpaired) electrons. The molecule has 29 heavy (non-hydrogen) atoms. The molecule has 0 fully saturated rings. The summed E-state index contributed by atoms with van der Waals surface area (Å²) in [5.74, 6) is 0.931. The number of hydrogen-bond acceptors (Lipinski definition) is 5. The number of benzene rings is 1. The lowest BCUT2D eigenvalue weighted by atomic mass is 10.0. The Kier molecular flexibility index (Phi) is 9.15. The molecule has 1 aromatic carbocycles. The van der Waals surface area contributed by atoms with Gasteiger partial charge in [-0.2, -0.15) is 0 Å². The Hall–Kier alpha value is -1.88. The molecule has 1 amide bonds. The van der Waals surface area contributed by atoms with E-state index >= 15 is 0 Å². The lowest BCUT2D eigenvalue weighted by molar-refractivity contribution is -0.119. The standard InChI is InChI=1S/C20H27N5O2S.HI/c1-22-20(23-11-14-6-5-7-15(10-14)27-13-18(21)26)25(2)12-19-24-16-8-3-4-9-17(16)28-19;/h5-7,10H,3-4,8-9,11-13H2,1-2H3,(H2,21,26)(H,22,23);1H. The molecular weight excluding hydrogens is 501 g/mol. The normalized spacial score (nSPS) is 13.2. The molecule has 7 nitrogen and oxygen atoms in total. The van der Waals surface area contributed by atoms with Crippen LogP contribution in [0.5, 0.6) is 5.75 Å². The van der Waals surface area contributed by atoms with Crippen molar-refractivity contribution in [2.45, 2.75) is 38.8 Å². The minimum atomic E-state index is -0.491. The number of carbonyl (C=O) groups is 1. The van der Waals surface area contributed by atoms with Crippen molar-refractivity contribution in [2.24, 2.45) is 10.7 Å². The van der Waals surface area contributed by atoms with Crippen LogP contribution < -0.4 is 15.8 Å². The van der Waals surface area contributed by atoms with Gasteiger partial charge < -0.3 is 20.7 Å². The van der Waals surface area contributed by atoms with Gasteiger partial charge in [0, 0.05) is 25.5 Å². The van der Waals surface area contributed by atoms with Gasteiger partial charge in [0.05, 0.1) is 12.2 Å². The van der Waals surface area contributed by atoms with E-state index in [2.05, 4.69) is 15.2 Å². The number of aryl methyl sites for hydroxylation is 2. The van der Waals surface area contributed by atoms with E-state index in [-0.39, 0.29) is 30.6 Å². The topological polar surface area (TPSA) is 92.8 Å². The second-order valence-electron chi connectivity index (χ2n) is 6.84. The van der Waals surface area contributed by atoms with Gasteiger partial charge in [-0.3, -0.25) is 9.79 Å². The number of primary amides is 1. The van der Waals surface area contributed by atoms with Gasteiger partial charge in [0.2, 0.25) is 0 Å². The molecule has 3 N–H and O–H groups in total. The first-order valence-corrected chi connectivity index (χ1v) is 10.3. The minimum absolute atomic E-state index is 0. The SMILES string of the molecule is CN=C(NCc1cccc(OCC(N)=O)c1)N(C)Cc1nc2c(s1)CCCC2.I. The number of thiazole rings is 1. The average Bonchev–Trinajstić information content (AvgIpc) is 3.09. The fourth-order valence-corrected chi connectivity index (χ4v) is 4.43. The molecule has 0 aliphatic heterocycles. The van der Waals surface area contributed by atoms with Gasteiger partial charge in [0.1, 0.15) is 10.8 Å². The summed E-state index contributed by atoms with van der Waals surface area (Å²) in [5, 5.41) is 4.50. The first-order chi connectivity index (χ1) is 13.5. The van der Waals surface area contributed by atoms with Gasteiger partial charge >= 0.3 is 0 Å². The number of rotatable bonds is 7. The van der Waals surface area contributed by atoms with E-state index in [0.29, 0.717) is 12.3 Å². The summed E-state index contributed by atoms with van der Waals surface area (Å²) in [7, 11) is 3.79. The Morgan fingerprint density at radius 3 is 2.90 bits per heavy atom. The van der Waals surface area contributed by atoms with Crippen molar-refractivity contribution in [2.75, 3.05) is 20.7 Å². The van der Waals surface area contributed by atoms with Crippen LogP contribution in [0.3, 0.4) is 0 Å². The molecule has 0 saturated carbocycles. The summed E-state index contributed by atoms with van der Waals surface area (Å²) in [6.45, 7) is 1.21. The van der Waals surface area contributed by atoms with Crippen LogP contribution in [-0.2, 0) is 30.7 Å². The van der Waals surface area contributed by atoms with Crippen LogP contribution in [0.2, 0.25) is 0 Å². The number of carbonyl (C=O) groups excluding carboxylic acids is 1. The number of nitrogens with one attached hydrogen (secondary N) is 1. The van der Waals surface area contributed by atoms with E-state index in [1.165, 1.54) is 23.4 Å². The zero-order valence-electron chi connectivity index (χ0n) is 16.8. The molecule has 2 aromatic rings. The summed E-state index contributed by atoms with van der Waals surface area (Å²) in [4.78, 5) is 23.6. The van der Waals surface area contributed by atoms with E-state index in [9.17, 15) is 4.79 Å². The van der Waals surface area contributed by atoms with Crippen LogP contribution in [0.15, 0.2) is 29.3 Å². The summed E-state index contributed by atoms with van der Waals surface area (Å²) in [6.07, 6.45) is 4.79.